The molecule has 8 nitrogen and oxygen atoms in total. The van der Waals surface area contributed by atoms with Crippen molar-refractivity contribution in [3.05, 3.63) is 41.7 Å². The zero-order valence-electron chi connectivity index (χ0n) is 13.1. The van der Waals surface area contributed by atoms with Crippen molar-refractivity contribution in [3.63, 3.8) is 0 Å². The summed E-state index contributed by atoms with van der Waals surface area (Å²) in [5.41, 5.74) is 1.30. The zero-order chi connectivity index (χ0) is 16.6. The number of sulfonamides is 1. The molecule has 3 heterocycles. The van der Waals surface area contributed by atoms with E-state index in [1.165, 1.54) is 10.6 Å². The van der Waals surface area contributed by atoms with Crippen LogP contribution in [0.3, 0.4) is 0 Å². The highest BCUT2D eigenvalue weighted by molar-refractivity contribution is 7.88. The second-order valence-corrected chi connectivity index (χ2v) is 7.61. The van der Waals surface area contributed by atoms with Crippen molar-refractivity contribution in [1.29, 1.82) is 0 Å². The Labute approximate surface area is 134 Å². The summed E-state index contributed by atoms with van der Waals surface area (Å²) in [4.78, 5) is 16.5. The predicted molar refractivity (Wildman–Crippen MR) is 84.1 cm³/mol. The summed E-state index contributed by atoms with van der Waals surface area (Å²) >= 11 is 0. The van der Waals surface area contributed by atoms with Crippen LogP contribution in [0.25, 0.3) is 0 Å². The molecule has 0 saturated heterocycles. The highest BCUT2D eigenvalue weighted by atomic mass is 32.2. The molecule has 1 amide bonds. The number of carbonyl (C=O) groups excluding carboxylic acids is 1. The largest absolute Gasteiger partial charge is 0.347 e. The quantitative estimate of drug-likeness (QED) is 0.845. The van der Waals surface area contributed by atoms with Crippen molar-refractivity contribution in [2.75, 3.05) is 12.8 Å². The van der Waals surface area contributed by atoms with Crippen molar-refractivity contribution in [1.82, 2.24) is 23.7 Å². The molecule has 0 radical (unpaired) electrons. The number of fused-ring (bicyclic) bond motifs is 1. The number of rotatable bonds is 4. The van der Waals surface area contributed by atoms with Gasteiger partial charge >= 0.3 is 0 Å². The van der Waals surface area contributed by atoms with Crippen LogP contribution in [0.4, 0.5) is 0 Å². The van der Waals surface area contributed by atoms with E-state index >= 15 is 0 Å². The summed E-state index contributed by atoms with van der Waals surface area (Å²) < 4.78 is 28.3. The van der Waals surface area contributed by atoms with Crippen molar-refractivity contribution in [2.45, 2.75) is 19.6 Å². The molecule has 0 spiro atoms. The number of hydrogen-bond donors (Lipinski definition) is 1. The van der Waals surface area contributed by atoms with Crippen LogP contribution in [0, 0.1) is 0 Å². The van der Waals surface area contributed by atoms with Gasteiger partial charge in [0, 0.05) is 32.5 Å². The second kappa shape index (κ2) is 5.82. The van der Waals surface area contributed by atoms with Gasteiger partial charge in [-0.25, -0.2) is 13.4 Å². The fraction of sp³-hybridized carbons (Fsp3) is 0.429. The smallest absolute Gasteiger partial charge is 0.268 e. The van der Waals surface area contributed by atoms with Crippen molar-refractivity contribution in [3.8, 4) is 0 Å². The topological polar surface area (TPSA) is 89.2 Å². The van der Waals surface area contributed by atoms with Crippen LogP contribution >= 0.6 is 0 Å². The minimum absolute atomic E-state index is 0.166. The molecule has 0 fully saturated rings. The Hall–Kier alpha value is -2.13. The van der Waals surface area contributed by atoms with Gasteiger partial charge in [0.15, 0.2) is 0 Å². The molecular formula is C14H19N5O3S. The van der Waals surface area contributed by atoms with Gasteiger partial charge in [-0.3, -0.25) is 4.79 Å². The highest BCUT2D eigenvalue weighted by Gasteiger charge is 2.24. The molecule has 0 saturated carbocycles. The summed E-state index contributed by atoms with van der Waals surface area (Å²) in [5, 5.41) is 2.83. The van der Waals surface area contributed by atoms with E-state index in [1.54, 1.807) is 10.6 Å². The van der Waals surface area contributed by atoms with Crippen molar-refractivity contribution < 1.29 is 13.2 Å². The van der Waals surface area contributed by atoms with E-state index in [0.29, 0.717) is 31.2 Å². The standard InChI is InChI=1S/C14H19N5O3S/c1-17-5-3-4-12(17)14(20)15-8-11-9-18-6-7-19(23(2,21)22)10-13(18)16-11/h3-5,9H,6-8,10H2,1-2H3,(H,15,20). The van der Waals surface area contributed by atoms with Gasteiger partial charge < -0.3 is 14.5 Å². The van der Waals surface area contributed by atoms with Crippen LogP contribution in [0.5, 0.6) is 0 Å². The number of nitrogens with one attached hydrogen (secondary N) is 1. The lowest BCUT2D eigenvalue weighted by molar-refractivity contribution is 0.0942. The fourth-order valence-electron chi connectivity index (χ4n) is 2.62. The first kappa shape index (κ1) is 15.8. The van der Waals surface area contributed by atoms with Gasteiger partial charge in [0.25, 0.3) is 5.91 Å². The Balaban J connectivity index is 1.66. The van der Waals surface area contributed by atoms with Crippen molar-refractivity contribution in [2.24, 2.45) is 7.05 Å². The molecule has 1 N–H and O–H groups in total. The molecule has 2 aromatic rings. The van der Waals surface area contributed by atoms with Gasteiger partial charge in [-0.15, -0.1) is 0 Å². The Morgan fingerprint density at radius 3 is 2.83 bits per heavy atom. The van der Waals surface area contributed by atoms with Crippen LogP contribution in [0.15, 0.2) is 24.5 Å². The van der Waals surface area contributed by atoms with Crippen LogP contribution in [0.1, 0.15) is 22.0 Å². The van der Waals surface area contributed by atoms with Gasteiger partial charge in [-0.05, 0) is 12.1 Å². The summed E-state index contributed by atoms with van der Waals surface area (Å²) in [6.07, 6.45) is 4.87. The van der Waals surface area contributed by atoms with Gasteiger partial charge in [-0.1, -0.05) is 0 Å². The van der Waals surface area contributed by atoms with Gasteiger partial charge in [0.05, 0.1) is 25.0 Å². The predicted octanol–water partition coefficient (Wildman–Crippen LogP) is -0.0732. The third-order valence-corrected chi connectivity index (χ3v) is 5.14. The van der Waals surface area contributed by atoms with Crippen molar-refractivity contribution >= 4 is 15.9 Å². The Morgan fingerprint density at radius 1 is 1.39 bits per heavy atom. The first-order valence-electron chi connectivity index (χ1n) is 7.24. The fourth-order valence-corrected chi connectivity index (χ4v) is 3.38. The second-order valence-electron chi connectivity index (χ2n) is 5.63. The number of aryl methyl sites for hydroxylation is 1. The van der Waals surface area contributed by atoms with E-state index < -0.39 is 10.0 Å². The highest BCUT2D eigenvalue weighted by Crippen LogP contribution is 2.15. The van der Waals surface area contributed by atoms with E-state index in [0.717, 1.165) is 5.69 Å². The molecule has 0 bridgehead atoms. The minimum Gasteiger partial charge on any atom is -0.347 e. The molecule has 3 rings (SSSR count). The summed E-state index contributed by atoms with van der Waals surface area (Å²) in [7, 11) is -1.40. The van der Waals surface area contributed by atoms with E-state index in [-0.39, 0.29) is 12.5 Å². The molecule has 1 aliphatic heterocycles. The maximum atomic E-state index is 12.1. The lowest BCUT2D eigenvalue weighted by Gasteiger charge is -2.25. The third kappa shape index (κ3) is 3.30. The number of hydrogen-bond acceptors (Lipinski definition) is 4. The first-order valence-corrected chi connectivity index (χ1v) is 9.09. The van der Waals surface area contributed by atoms with Gasteiger partial charge in [0.2, 0.25) is 10.0 Å². The maximum Gasteiger partial charge on any atom is 0.268 e. The maximum absolute atomic E-state index is 12.1. The van der Waals surface area contributed by atoms with E-state index in [9.17, 15) is 13.2 Å². The minimum atomic E-state index is -3.21. The molecular weight excluding hydrogens is 318 g/mol. The number of nitrogens with zero attached hydrogens (tertiary/aromatic N) is 4. The van der Waals surface area contributed by atoms with E-state index in [1.807, 2.05) is 30.1 Å². The van der Waals surface area contributed by atoms with Gasteiger partial charge in [0.1, 0.15) is 11.5 Å². The van der Waals surface area contributed by atoms with Crippen LogP contribution in [0.2, 0.25) is 0 Å². The van der Waals surface area contributed by atoms with Gasteiger partial charge in [-0.2, -0.15) is 4.31 Å². The lowest BCUT2D eigenvalue weighted by Crippen LogP contribution is -2.37. The normalized spacial score (nSPS) is 15.4. The monoisotopic (exact) mass is 337 g/mol. The molecule has 1 aliphatic rings. The van der Waals surface area contributed by atoms with Crippen LogP contribution < -0.4 is 5.32 Å². The number of aromatic nitrogens is 3. The molecule has 0 atom stereocenters. The molecule has 0 aliphatic carbocycles. The van der Waals surface area contributed by atoms with Crippen LogP contribution in [-0.4, -0.2) is 45.5 Å². The van der Waals surface area contributed by atoms with Crippen LogP contribution in [-0.2, 0) is 36.7 Å². The Bertz CT molecular complexity index is 836. The average molecular weight is 337 g/mol. The third-order valence-electron chi connectivity index (χ3n) is 3.89. The SMILES string of the molecule is Cn1cccc1C(=O)NCc1cn2c(n1)CN(S(C)(=O)=O)CC2. The molecule has 23 heavy (non-hydrogen) atoms. The Morgan fingerprint density at radius 2 is 2.17 bits per heavy atom. The molecule has 0 unspecified atom stereocenters. The van der Waals surface area contributed by atoms with E-state index in [4.69, 9.17) is 0 Å². The zero-order valence-corrected chi connectivity index (χ0v) is 13.9. The summed E-state index contributed by atoms with van der Waals surface area (Å²) in [6.45, 7) is 1.59. The number of amides is 1. The molecule has 124 valence electrons. The molecule has 2 aromatic heterocycles. The number of carbonyl (C=O) groups is 1. The number of imidazole rings is 1. The van der Waals surface area contributed by atoms with E-state index in [2.05, 4.69) is 10.3 Å². The molecule has 0 aromatic carbocycles. The lowest BCUT2D eigenvalue weighted by atomic mass is 10.4. The molecule has 9 heteroatoms. The summed E-state index contributed by atoms with van der Waals surface area (Å²) in [6, 6.07) is 3.56. The first-order chi connectivity index (χ1) is 10.8. The summed E-state index contributed by atoms with van der Waals surface area (Å²) in [5.74, 6) is 0.533. The average Bonchev–Trinajstić information content (AvgIpc) is 3.08. The Kier molecular flexibility index (Phi) is 3.99.